The van der Waals surface area contributed by atoms with E-state index in [-0.39, 0.29) is 0 Å². The third-order valence-electron chi connectivity index (χ3n) is 1.88. The monoisotopic (exact) mass is 232 g/mol. The predicted molar refractivity (Wildman–Crippen MR) is 55.1 cm³/mol. The van der Waals surface area contributed by atoms with E-state index in [1.807, 2.05) is 0 Å². The first kappa shape index (κ1) is 12.8. The van der Waals surface area contributed by atoms with Crippen molar-refractivity contribution >= 4 is 34.8 Å². The Balaban J connectivity index is 3.88. The standard InChI is InChI=1S/C8H15Cl3O/c1-3-4-5-6-7(2,12)8(9,10)11/h12H,3-6H2,1-2H3. The third-order valence-corrected chi connectivity index (χ3v) is 3.10. The van der Waals surface area contributed by atoms with Crippen LogP contribution >= 0.6 is 34.8 Å². The van der Waals surface area contributed by atoms with Gasteiger partial charge in [0.05, 0.1) is 0 Å². The molecule has 1 nitrogen and oxygen atoms in total. The fourth-order valence-corrected chi connectivity index (χ4v) is 1.14. The maximum Gasteiger partial charge on any atom is 0.218 e. The average molecular weight is 234 g/mol. The van der Waals surface area contributed by atoms with Gasteiger partial charge in [0.1, 0.15) is 5.60 Å². The van der Waals surface area contributed by atoms with Crippen molar-refractivity contribution in [3.8, 4) is 0 Å². The van der Waals surface area contributed by atoms with Gasteiger partial charge in [-0.15, -0.1) is 0 Å². The summed E-state index contributed by atoms with van der Waals surface area (Å²) in [5.74, 6) is 0. The summed E-state index contributed by atoms with van der Waals surface area (Å²) >= 11 is 16.8. The molecule has 0 spiro atoms. The highest BCUT2D eigenvalue weighted by Crippen LogP contribution is 2.40. The van der Waals surface area contributed by atoms with Crippen molar-refractivity contribution in [2.75, 3.05) is 0 Å². The Kier molecular flexibility index (Phi) is 5.24. The van der Waals surface area contributed by atoms with Crippen LogP contribution in [-0.4, -0.2) is 14.5 Å². The van der Waals surface area contributed by atoms with Crippen LogP contribution in [-0.2, 0) is 0 Å². The molecule has 0 bridgehead atoms. The molecule has 1 unspecified atom stereocenters. The van der Waals surface area contributed by atoms with E-state index in [1.165, 1.54) is 0 Å². The number of aliphatic hydroxyl groups is 1. The summed E-state index contributed by atoms with van der Waals surface area (Å²) in [6, 6.07) is 0. The SMILES string of the molecule is CCCCCC(C)(O)C(Cl)(Cl)Cl. The molecule has 0 rings (SSSR count). The molecule has 0 aromatic carbocycles. The highest BCUT2D eigenvalue weighted by atomic mass is 35.6. The van der Waals surface area contributed by atoms with Crippen molar-refractivity contribution in [3.63, 3.8) is 0 Å². The van der Waals surface area contributed by atoms with Crippen LogP contribution < -0.4 is 0 Å². The summed E-state index contributed by atoms with van der Waals surface area (Å²) in [6.07, 6.45) is 3.56. The zero-order valence-corrected chi connectivity index (χ0v) is 9.68. The summed E-state index contributed by atoms with van der Waals surface area (Å²) in [4.78, 5) is 0. The van der Waals surface area contributed by atoms with Gasteiger partial charge in [-0.1, -0.05) is 61.0 Å². The van der Waals surface area contributed by atoms with Gasteiger partial charge in [-0.05, 0) is 13.3 Å². The molecule has 0 aromatic heterocycles. The lowest BCUT2D eigenvalue weighted by Gasteiger charge is -2.30. The molecule has 0 heterocycles. The Bertz CT molecular complexity index is 129. The second-order valence-corrected chi connectivity index (χ2v) is 5.51. The van der Waals surface area contributed by atoms with Crippen LogP contribution in [0, 0.1) is 0 Å². The molecule has 0 aromatic rings. The van der Waals surface area contributed by atoms with E-state index in [4.69, 9.17) is 34.8 Å². The molecule has 1 atom stereocenters. The first-order valence-electron chi connectivity index (χ1n) is 4.10. The summed E-state index contributed by atoms with van der Waals surface area (Å²) in [6.45, 7) is 3.64. The van der Waals surface area contributed by atoms with E-state index in [2.05, 4.69) is 6.92 Å². The molecule has 4 heteroatoms. The molecular formula is C8H15Cl3O. The molecule has 74 valence electrons. The van der Waals surface area contributed by atoms with Crippen molar-refractivity contribution in [1.82, 2.24) is 0 Å². The Labute approximate surface area is 89.0 Å². The van der Waals surface area contributed by atoms with E-state index in [0.717, 1.165) is 19.3 Å². The Morgan fingerprint density at radius 1 is 1.17 bits per heavy atom. The lowest BCUT2D eigenvalue weighted by Crippen LogP contribution is -2.39. The van der Waals surface area contributed by atoms with Crippen molar-refractivity contribution < 1.29 is 5.11 Å². The second-order valence-electron chi connectivity index (χ2n) is 3.23. The minimum atomic E-state index is -1.58. The van der Waals surface area contributed by atoms with Crippen LogP contribution in [0.3, 0.4) is 0 Å². The van der Waals surface area contributed by atoms with Crippen molar-refractivity contribution in [2.24, 2.45) is 0 Å². The maximum atomic E-state index is 9.68. The van der Waals surface area contributed by atoms with Crippen LogP contribution in [0.1, 0.15) is 39.5 Å². The minimum Gasteiger partial charge on any atom is -0.386 e. The molecule has 0 fully saturated rings. The Morgan fingerprint density at radius 2 is 1.67 bits per heavy atom. The van der Waals surface area contributed by atoms with Gasteiger partial charge >= 0.3 is 0 Å². The van der Waals surface area contributed by atoms with Crippen LogP contribution in [0.25, 0.3) is 0 Å². The zero-order valence-electron chi connectivity index (χ0n) is 7.41. The number of alkyl halides is 3. The van der Waals surface area contributed by atoms with Gasteiger partial charge in [0, 0.05) is 0 Å². The van der Waals surface area contributed by atoms with Gasteiger partial charge < -0.3 is 5.11 Å². The highest BCUT2D eigenvalue weighted by molar-refractivity contribution is 6.68. The highest BCUT2D eigenvalue weighted by Gasteiger charge is 2.41. The topological polar surface area (TPSA) is 20.2 Å². The van der Waals surface area contributed by atoms with Crippen LogP contribution in [0.5, 0.6) is 0 Å². The normalized spacial score (nSPS) is 17.5. The quantitative estimate of drug-likeness (QED) is 0.580. The first-order valence-corrected chi connectivity index (χ1v) is 5.24. The van der Waals surface area contributed by atoms with E-state index >= 15 is 0 Å². The molecule has 0 aliphatic carbocycles. The number of hydrogen-bond donors (Lipinski definition) is 1. The smallest absolute Gasteiger partial charge is 0.218 e. The van der Waals surface area contributed by atoms with E-state index in [1.54, 1.807) is 6.92 Å². The summed E-state index contributed by atoms with van der Waals surface area (Å²) < 4.78 is -1.58. The molecule has 0 saturated heterocycles. The lowest BCUT2D eigenvalue weighted by molar-refractivity contribution is 0.0521. The molecule has 12 heavy (non-hydrogen) atoms. The fourth-order valence-electron chi connectivity index (χ4n) is 0.861. The first-order chi connectivity index (χ1) is 5.31. The van der Waals surface area contributed by atoms with E-state index < -0.39 is 9.39 Å². The van der Waals surface area contributed by atoms with Crippen LogP contribution in [0.2, 0.25) is 0 Å². The summed E-state index contributed by atoms with van der Waals surface area (Å²) in [5.41, 5.74) is -1.22. The van der Waals surface area contributed by atoms with Gasteiger partial charge in [-0.25, -0.2) is 0 Å². The van der Waals surface area contributed by atoms with Crippen LogP contribution in [0.4, 0.5) is 0 Å². The number of halogens is 3. The van der Waals surface area contributed by atoms with Crippen molar-refractivity contribution in [2.45, 2.75) is 48.9 Å². The number of rotatable bonds is 4. The number of hydrogen-bond acceptors (Lipinski definition) is 1. The van der Waals surface area contributed by atoms with Gasteiger partial charge in [0.15, 0.2) is 0 Å². The largest absolute Gasteiger partial charge is 0.386 e. The average Bonchev–Trinajstić information content (AvgIpc) is 1.85. The van der Waals surface area contributed by atoms with E-state index in [0.29, 0.717) is 6.42 Å². The van der Waals surface area contributed by atoms with Crippen molar-refractivity contribution in [1.29, 1.82) is 0 Å². The third kappa shape index (κ3) is 4.18. The molecular weight excluding hydrogens is 218 g/mol. The molecule has 1 N–H and O–H groups in total. The summed E-state index contributed by atoms with van der Waals surface area (Å²) in [5, 5.41) is 9.68. The molecule has 0 aliphatic heterocycles. The predicted octanol–water partition coefficient (Wildman–Crippen LogP) is 3.69. The fraction of sp³-hybridized carbons (Fsp3) is 1.00. The zero-order chi connectivity index (χ0) is 9.83. The Morgan fingerprint density at radius 3 is 2.00 bits per heavy atom. The lowest BCUT2D eigenvalue weighted by atomic mass is 10.0. The maximum absolute atomic E-state index is 9.68. The van der Waals surface area contributed by atoms with Gasteiger partial charge in [0.25, 0.3) is 0 Å². The number of unbranched alkanes of at least 4 members (excludes halogenated alkanes) is 2. The summed E-state index contributed by atoms with van der Waals surface area (Å²) in [7, 11) is 0. The van der Waals surface area contributed by atoms with Crippen LogP contribution in [0.15, 0.2) is 0 Å². The minimum absolute atomic E-state index is 0.525. The van der Waals surface area contributed by atoms with E-state index in [9.17, 15) is 5.11 Å². The second kappa shape index (κ2) is 4.90. The molecule has 0 saturated carbocycles. The molecule has 0 amide bonds. The van der Waals surface area contributed by atoms with Gasteiger partial charge in [0.2, 0.25) is 3.79 Å². The molecule has 0 radical (unpaired) electrons. The van der Waals surface area contributed by atoms with Gasteiger partial charge in [-0.2, -0.15) is 0 Å². The molecule has 0 aliphatic rings. The van der Waals surface area contributed by atoms with Crippen molar-refractivity contribution in [3.05, 3.63) is 0 Å². The Hall–Kier alpha value is 0.830. The van der Waals surface area contributed by atoms with Gasteiger partial charge in [-0.3, -0.25) is 0 Å².